The number of cyclic esters (lactones) is 1. The second-order valence-corrected chi connectivity index (χ2v) is 4.13. The van der Waals surface area contributed by atoms with E-state index in [1.165, 1.54) is 6.08 Å². The molecule has 0 saturated carbocycles. The molecule has 0 aliphatic carbocycles. The molecule has 0 aromatic heterocycles. The number of methoxy groups -OCH3 is 2. The summed E-state index contributed by atoms with van der Waals surface area (Å²) in [4.78, 5) is 11.3. The van der Waals surface area contributed by atoms with Crippen LogP contribution in [-0.2, 0) is 14.3 Å². The van der Waals surface area contributed by atoms with Gasteiger partial charge in [-0.25, -0.2) is 4.79 Å². The quantitative estimate of drug-likeness (QED) is 0.780. The number of hydrogen-bond acceptors (Lipinski definition) is 4. The van der Waals surface area contributed by atoms with Crippen molar-refractivity contribution < 1.29 is 19.0 Å². The number of carbonyl (C=O) groups excluding carboxylic acids is 1. The molecule has 0 spiro atoms. The molecule has 1 unspecified atom stereocenters. The Morgan fingerprint density at radius 2 is 2.16 bits per heavy atom. The fourth-order valence-corrected chi connectivity index (χ4v) is 1.83. The van der Waals surface area contributed by atoms with E-state index in [9.17, 15) is 4.79 Å². The van der Waals surface area contributed by atoms with Gasteiger partial charge in [-0.1, -0.05) is 18.2 Å². The van der Waals surface area contributed by atoms with Crippen molar-refractivity contribution in [2.45, 2.75) is 12.5 Å². The van der Waals surface area contributed by atoms with Gasteiger partial charge in [-0.15, -0.1) is 0 Å². The summed E-state index contributed by atoms with van der Waals surface area (Å²) in [6.07, 6.45) is 5.38. The summed E-state index contributed by atoms with van der Waals surface area (Å²) in [5.41, 5.74) is 0.990. The number of esters is 1. The molecular weight excluding hydrogens is 244 g/mol. The maximum absolute atomic E-state index is 11.3. The molecule has 1 atom stereocenters. The lowest BCUT2D eigenvalue weighted by Gasteiger charge is -2.19. The maximum Gasteiger partial charge on any atom is 0.334 e. The Labute approximate surface area is 112 Å². The first-order valence-electron chi connectivity index (χ1n) is 5.98. The second kappa shape index (κ2) is 6.09. The van der Waals surface area contributed by atoms with Crippen LogP contribution in [0.2, 0.25) is 0 Å². The minimum atomic E-state index is -0.372. The van der Waals surface area contributed by atoms with E-state index in [0.717, 1.165) is 11.3 Å². The highest BCUT2D eigenvalue weighted by molar-refractivity contribution is 5.83. The van der Waals surface area contributed by atoms with Gasteiger partial charge in [0.15, 0.2) is 0 Å². The van der Waals surface area contributed by atoms with E-state index >= 15 is 0 Å². The van der Waals surface area contributed by atoms with Crippen molar-refractivity contribution in [3.63, 3.8) is 0 Å². The first kappa shape index (κ1) is 13.2. The van der Waals surface area contributed by atoms with Gasteiger partial charge in [0.25, 0.3) is 0 Å². The minimum Gasteiger partial charge on any atom is -0.501 e. The highest BCUT2D eigenvalue weighted by Crippen LogP contribution is 2.19. The zero-order valence-electron chi connectivity index (χ0n) is 11.0. The molecule has 1 aromatic carbocycles. The Balaban J connectivity index is 2.06. The van der Waals surface area contributed by atoms with E-state index < -0.39 is 0 Å². The average Bonchev–Trinajstić information content (AvgIpc) is 2.44. The second-order valence-electron chi connectivity index (χ2n) is 4.13. The van der Waals surface area contributed by atoms with Gasteiger partial charge in [0, 0.05) is 6.42 Å². The van der Waals surface area contributed by atoms with E-state index in [0.29, 0.717) is 12.2 Å². The molecule has 0 bridgehead atoms. The predicted octanol–water partition coefficient (Wildman–Crippen LogP) is 2.55. The van der Waals surface area contributed by atoms with Crippen molar-refractivity contribution in [3.05, 3.63) is 47.7 Å². The predicted molar refractivity (Wildman–Crippen MR) is 71.6 cm³/mol. The molecule has 0 saturated heterocycles. The molecule has 100 valence electrons. The summed E-state index contributed by atoms with van der Waals surface area (Å²) < 4.78 is 15.4. The van der Waals surface area contributed by atoms with Crippen LogP contribution >= 0.6 is 0 Å². The fourth-order valence-electron chi connectivity index (χ4n) is 1.83. The third kappa shape index (κ3) is 3.61. The monoisotopic (exact) mass is 260 g/mol. The van der Waals surface area contributed by atoms with Gasteiger partial charge in [0.1, 0.15) is 17.6 Å². The largest absolute Gasteiger partial charge is 0.501 e. The van der Waals surface area contributed by atoms with E-state index in [1.807, 2.05) is 36.4 Å². The number of rotatable bonds is 4. The number of carbonyl (C=O) groups is 1. The van der Waals surface area contributed by atoms with Gasteiger partial charge in [-0.2, -0.15) is 0 Å². The minimum absolute atomic E-state index is 0.293. The average molecular weight is 260 g/mol. The van der Waals surface area contributed by atoms with Crippen LogP contribution in [0.15, 0.2) is 42.2 Å². The van der Waals surface area contributed by atoms with Crippen molar-refractivity contribution in [1.29, 1.82) is 0 Å². The summed E-state index contributed by atoms with van der Waals surface area (Å²) in [5.74, 6) is 1.06. The van der Waals surface area contributed by atoms with Gasteiger partial charge in [-0.05, 0) is 23.8 Å². The first-order chi connectivity index (χ1) is 9.21. The van der Waals surface area contributed by atoms with Gasteiger partial charge in [0.05, 0.1) is 20.3 Å². The zero-order chi connectivity index (χ0) is 13.7. The first-order valence-corrected chi connectivity index (χ1v) is 5.98. The lowest BCUT2D eigenvalue weighted by molar-refractivity contribution is -0.142. The number of hydrogen-bond donors (Lipinski definition) is 0. The maximum atomic E-state index is 11.3. The summed E-state index contributed by atoms with van der Waals surface area (Å²) in [6, 6.07) is 7.65. The lowest BCUT2D eigenvalue weighted by atomic mass is 10.1. The standard InChI is InChI=1S/C15H16O4/c1-17-12-5-3-4-11(8-12)6-7-13-9-14(18-2)10-15(16)19-13/h3-8,10,13H,9H2,1-2H3. The zero-order valence-corrected chi connectivity index (χ0v) is 11.0. The van der Waals surface area contributed by atoms with Gasteiger partial charge >= 0.3 is 5.97 Å². The molecule has 0 amide bonds. The fraction of sp³-hybridized carbons (Fsp3) is 0.267. The highest BCUT2D eigenvalue weighted by Gasteiger charge is 2.19. The van der Waals surface area contributed by atoms with Crippen molar-refractivity contribution in [2.75, 3.05) is 14.2 Å². The third-order valence-corrected chi connectivity index (χ3v) is 2.81. The molecule has 2 rings (SSSR count). The van der Waals surface area contributed by atoms with Crippen LogP contribution < -0.4 is 4.74 Å². The molecule has 19 heavy (non-hydrogen) atoms. The van der Waals surface area contributed by atoms with Crippen molar-refractivity contribution in [3.8, 4) is 5.75 Å². The molecule has 1 heterocycles. The molecule has 0 fully saturated rings. The topological polar surface area (TPSA) is 44.8 Å². The Bertz CT molecular complexity index is 517. The van der Waals surface area contributed by atoms with Crippen molar-refractivity contribution in [1.82, 2.24) is 0 Å². The van der Waals surface area contributed by atoms with Gasteiger partial charge in [0.2, 0.25) is 0 Å². The van der Waals surface area contributed by atoms with Crippen molar-refractivity contribution >= 4 is 12.0 Å². The van der Waals surface area contributed by atoms with E-state index in [2.05, 4.69) is 0 Å². The van der Waals surface area contributed by atoms with E-state index in [4.69, 9.17) is 14.2 Å². The molecule has 0 radical (unpaired) electrons. The normalized spacial score (nSPS) is 18.9. The van der Waals surface area contributed by atoms with Gasteiger partial charge < -0.3 is 14.2 Å². The van der Waals surface area contributed by atoms with E-state index in [1.54, 1.807) is 14.2 Å². The van der Waals surface area contributed by atoms with Crippen LogP contribution in [0.25, 0.3) is 6.08 Å². The molecule has 1 aliphatic rings. The number of benzene rings is 1. The Hall–Kier alpha value is -2.23. The summed E-state index contributed by atoms with van der Waals surface area (Å²) in [5, 5.41) is 0. The van der Waals surface area contributed by atoms with Crippen LogP contribution in [0, 0.1) is 0 Å². The van der Waals surface area contributed by atoms with Crippen LogP contribution in [0.5, 0.6) is 5.75 Å². The van der Waals surface area contributed by atoms with Crippen LogP contribution in [0.4, 0.5) is 0 Å². The summed E-state index contributed by atoms with van der Waals surface area (Å²) >= 11 is 0. The molecule has 1 aromatic rings. The third-order valence-electron chi connectivity index (χ3n) is 2.81. The van der Waals surface area contributed by atoms with Crippen molar-refractivity contribution in [2.24, 2.45) is 0 Å². The van der Waals surface area contributed by atoms with E-state index in [-0.39, 0.29) is 12.1 Å². The molecule has 1 aliphatic heterocycles. The SMILES string of the molecule is COC1=CC(=O)OC(C=Cc2cccc(OC)c2)C1. The Morgan fingerprint density at radius 1 is 1.32 bits per heavy atom. The molecule has 0 N–H and O–H groups in total. The van der Waals surface area contributed by atoms with Crippen LogP contribution in [0.1, 0.15) is 12.0 Å². The molecular formula is C15H16O4. The Morgan fingerprint density at radius 3 is 2.89 bits per heavy atom. The molecule has 4 nitrogen and oxygen atoms in total. The lowest BCUT2D eigenvalue weighted by Crippen LogP contribution is -2.21. The highest BCUT2D eigenvalue weighted by atomic mass is 16.5. The Kier molecular flexibility index (Phi) is 4.23. The number of ether oxygens (including phenoxy) is 3. The smallest absolute Gasteiger partial charge is 0.334 e. The van der Waals surface area contributed by atoms with Crippen LogP contribution in [-0.4, -0.2) is 26.3 Å². The molecule has 4 heteroatoms. The summed E-state index contributed by atoms with van der Waals surface area (Å²) in [6.45, 7) is 0. The summed E-state index contributed by atoms with van der Waals surface area (Å²) in [7, 11) is 3.18. The van der Waals surface area contributed by atoms with Gasteiger partial charge in [-0.3, -0.25) is 0 Å². The van der Waals surface area contributed by atoms with Crippen LogP contribution in [0.3, 0.4) is 0 Å².